The van der Waals surface area contributed by atoms with Crippen molar-refractivity contribution in [1.82, 2.24) is 0 Å². The van der Waals surface area contributed by atoms with Gasteiger partial charge in [0.15, 0.2) is 0 Å². The minimum atomic E-state index is -0.599. The maximum atomic E-state index is 4.13. The first kappa shape index (κ1) is 33.1. The van der Waals surface area contributed by atoms with E-state index in [1.54, 1.807) is 0 Å². The van der Waals surface area contributed by atoms with Crippen LogP contribution < -0.4 is 4.90 Å². The van der Waals surface area contributed by atoms with E-state index in [0.29, 0.717) is 0 Å². The number of hydrogen-bond acceptors (Lipinski definition) is 1. The fourth-order valence-corrected chi connectivity index (χ4v) is 10.5. The smallest absolute Gasteiger partial charge is 0.0881 e. The SMILES string of the molecule is C=C/C=C\C1=C(N(c2ccccc2)c2ccc3c(c2)C(c2ccccc2)(c2ccccc2)c2ccccc2-3)C2(c3ccccc31)c1ccccc1-c1ccccc12. The lowest BCUT2D eigenvalue weighted by molar-refractivity contribution is 0.743. The Morgan fingerprint density at radius 3 is 1.32 bits per heavy atom. The van der Waals surface area contributed by atoms with E-state index >= 15 is 0 Å². The van der Waals surface area contributed by atoms with Crippen LogP contribution in [0.2, 0.25) is 0 Å². The monoisotopic (exact) mass is 725 g/mol. The van der Waals surface area contributed by atoms with E-state index in [1.165, 1.54) is 78.0 Å². The molecule has 1 heteroatoms. The van der Waals surface area contributed by atoms with Crippen molar-refractivity contribution in [3.63, 3.8) is 0 Å². The third kappa shape index (κ3) is 4.51. The quantitative estimate of drug-likeness (QED) is 0.148. The predicted octanol–water partition coefficient (Wildman–Crippen LogP) is 13.7. The molecule has 57 heavy (non-hydrogen) atoms. The summed E-state index contributed by atoms with van der Waals surface area (Å²) in [6.07, 6.45) is 6.26. The second kappa shape index (κ2) is 12.9. The van der Waals surface area contributed by atoms with Crippen molar-refractivity contribution in [2.75, 3.05) is 4.90 Å². The van der Waals surface area contributed by atoms with E-state index in [9.17, 15) is 0 Å². The molecule has 0 aliphatic heterocycles. The van der Waals surface area contributed by atoms with E-state index < -0.39 is 10.8 Å². The van der Waals surface area contributed by atoms with Gasteiger partial charge in [-0.2, -0.15) is 0 Å². The van der Waals surface area contributed by atoms with Crippen LogP contribution in [-0.4, -0.2) is 0 Å². The van der Waals surface area contributed by atoms with Crippen LogP contribution in [0.25, 0.3) is 27.8 Å². The first-order valence-corrected chi connectivity index (χ1v) is 19.8. The van der Waals surface area contributed by atoms with Gasteiger partial charge in [-0.05, 0) is 91.0 Å². The summed E-state index contributed by atoms with van der Waals surface area (Å²) in [6.45, 7) is 4.13. The van der Waals surface area contributed by atoms with Gasteiger partial charge in [-0.1, -0.05) is 207 Å². The van der Waals surface area contributed by atoms with Gasteiger partial charge in [0.2, 0.25) is 0 Å². The van der Waals surface area contributed by atoms with Crippen LogP contribution in [0.5, 0.6) is 0 Å². The third-order valence-electron chi connectivity index (χ3n) is 12.5. The minimum Gasteiger partial charge on any atom is -0.312 e. The van der Waals surface area contributed by atoms with Gasteiger partial charge >= 0.3 is 0 Å². The van der Waals surface area contributed by atoms with Crippen molar-refractivity contribution >= 4 is 16.9 Å². The van der Waals surface area contributed by atoms with Gasteiger partial charge in [0, 0.05) is 16.9 Å². The van der Waals surface area contributed by atoms with Crippen molar-refractivity contribution < 1.29 is 0 Å². The largest absolute Gasteiger partial charge is 0.312 e. The van der Waals surface area contributed by atoms with Crippen LogP contribution in [0.1, 0.15) is 44.5 Å². The first-order chi connectivity index (χ1) is 28.3. The number of benzene rings is 8. The molecule has 8 aromatic carbocycles. The van der Waals surface area contributed by atoms with Crippen LogP contribution in [0.3, 0.4) is 0 Å². The van der Waals surface area contributed by atoms with Crippen LogP contribution in [0, 0.1) is 0 Å². The van der Waals surface area contributed by atoms with Crippen LogP contribution in [0.15, 0.2) is 237 Å². The van der Waals surface area contributed by atoms with Gasteiger partial charge in [0.1, 0.15) is 0 Å². The van der Waals surface area contributed by atoms with Gasteiger partial charge < -0.3 is 4.90 Å². The number of hydrogen-bond donors (Lipinski definition) is 0. The summed E-state index contributed by atoms with van der Waals surface area (Å²) in [6, 6.07) is 76.4. The summed E-state index contributed by atoms with van der Waals surface area (Å²) in [4.78, 5) is 2.56. The number of para-hydroxylation sites is 1. The minimum absolute atomic E-state index is 0.532. The van der Waals surface area contributed by atoms with Gasteiger partial charge in [-0.25, -0.2) is 0 Å². The maximum Gasteiger partial charge on any atom is 0.0881 e. The van der Waals surface area contributed by atoms with Gasteiger partial charge in [0.25, 0.3) is 0 Å². The Kier molecular flexibility index (Phi) is 7.52. The number of allylic oxidation sites excluding steroid dienone is 5. The molecule has 0 heterocycles. The summed E-state index contributed by atoms with van der Waals surface area (Å²) in [5.41, 5.74) is 18.8. The molecule has 0 saturated carbocycles. The normalized spacial score (nSPS) is 14.9. The predicted molar refractivity (Wildman–Crippen MR) is 237 cm³/mol. The Labute approximate surface area is 334 Å². The molecule has 0 saturated heterocycles. The first-order valence-electron chi connectivity index (χ1n) is 19.8. The van der Waals surface area contributed by atoms with E-state index in [4.69, 9.17) is 0 Å². The molecule has 268 valence electrons. The van der Waals surface area contributed by atoms with Crippen molar-refractivity contribution in [1.29, 1.82) is 0 Å². The number of anilines is 2. The Morgan fingerprint density at radius 2 is 0.789 bits per heavy atom. The summed E-state index contributed by atoms with van der Waals surface area (Å²) < 4.78 is 0. The zero-order valence-electron chi connectivity index (χ0n) is 31.5. The molecule has 1 spiro atoms. The zero-order chi connectivity index (χ0) is 38.0. The molecule has 0 atom stereocenters. The van der Waals surface area contributed by atoms with Gasteiger partial charge in [0.05, 0.1) is 16.5 Å². The molecular weight excluding hydrogens is 687 g/mol. The highest BCUT2D eigenvalue weighted by Crippen LogP contribution is 2.64. The van der Waals surface area contributed by atoms with Crippen LogP contribution in [0.4, 0.5) is 11.4 Å². The highest BCUT2D eigenvalue weighted by atomic mass is 15.2. The Bertz CT molecular complexity index is 2830. The van der Waals surface area contributed by atoms with Gasteiger partial charge in [-0.3, -0.25) is 0 Å². The molecule has 0 unspecified atom stereocenters. The fourth-order valence-electron chi connectivity index (χ4n) is 10.5. The molecule has 8 aromatic rings. The van der Waals surface area contributed by atoms with E-state index in [1.807, 2.05) is 6.08 Å². The summed E-state index contributed by atoms with van der Waals surface area (Å²) >= 11 is 0. The second-order valence-corrected chi connectivity index (χ2v) is 15.2. The standard InChI is InChI=1S/C56H39N/c1-2-3-27-48-46-31-16-20-35-52(46)56(50-33-18-14-28-43(50)44-29-15-19-34-51(44)56)54(48)57(41-25-11-6-12-26-41)42-36-37-47-45-30-13-17-32-49(45)55(53(47)38-42,39-21-7-4-8-22-39)40-23-9-5-10-24-40/h2-38H,1H2/b27-3-. The molecule has 1 nitrogen and oxygen atoms in total. The molecule has 0 radical (unpaired) electrons. The van der Waals surface area contributed by atoms with Crippen molar-refractivity contribution in [2.24, 2.45) is 0 Å². The molecule has 0 N–H and O–H groups in total. The topological polar surface area (TPSA) is 3.24 Å². The summed E-state index contributed by atoms with van der Waals surface area (Å²) in [5, 5.41) is 0. The van der Waals surface area contributed by atoms with Crippen molar-refractivity contribution in [3.8, 4) is 22.3 Å². The van der Waals surface area contributed by atoms with E-state index in [0.717, 1.165) is 11.4 Å². The third-order valence-corrected chi connectivity index (χ3v) is 12.5. The molecule has 11 rings (SSSR count). The number of rotatable bonds is 7. The molecule has 0 bridgehead atoms. The maximum absolute atomic E-state index is 4.13. The molecule has 3 aliphatic rings. The average molecular weight is 726 g/mol. The van der Waals surface area contributed by atoms with Gasteiger partial charge in [-0.15, -0.1) is 0 Å². The average Bonchev–Trinajstić information content (AvgIpc) is 3.86. The molecule has 0 aromatic heterocycles. The molecule has 3 aliphatic carbocycles. The number of nitrogens with zero attached hydrogens (tertiary/aromatic N) is 1. The summed E-state index contributed by atoms with van der Waals surface area (Å²) in [5.74, 6) is 0. The zero-order valence-corrected chi connectivity index (χ0v) is 31.5. The van der Waals surface area contributed by atoms with E-state index in [-0.39, 0.29) is 0 Å². The Morgan fingerprint density at radius 1 is 0.368 bits per heavy atom. The number of fused-ring (bicyclic) bond motifs is 10. The Balaban J connectivity index is 1.28. The Hall–Kier alpha value is -7.22. The van der Waals surface area contributed by atoms with E-state index in [2.05, 4.69) is 230 Å². The lowest BCUT2D eigenvalue weighted by Gasteiger charge is -2.40. The van der Waals surface area contributed by atoms with Crippen LogP contribution in [-0.2, 0) is 10.8 Å². The summed E-state index contributed by atoms with van der Waals surface area (Å²) in [7, 11) is 0. The van der Waals surface area contributed by atoms with Crippen LogP contribution >= 0.6 is 0 Å². The van der Waals surface area contributed by atoms with Crippen molar-refractivity contribution in [3.05, 3.63) is 281 Å². The highest BCUT2D eigenvalue weighted by Gasteiger charge is 2.55. The fraction of sp³-hybridized carbons (Fsp3) is 0.0357. The van der Waals surface area contributed by atoms with Crippen molar-refractivity contribution in [2.45, 2.75) is 10.8 Å². The second-order valence-electron chi connectivity index (χ2n) is 15.2. The lowest BCUT2D eigenvalue weighted by atomic mass is 9.67. The molecular formula is C56H39N. The molecule has 0 amide bonds. The molecule has 0 fully saturated rings. The highest BCUT2D eigenvalue weighted by molar-refractivity contribution is 6.00. The lowest BCUT2D eigenvalue weighted by Crippen LogP contribution is -2.36.